The second-order valence-electron chi connectivity index (χ2n) is 5.28. The molecule has 2 aliphatic rings. The predicted molar refractivity (Wildman–Crippen MR) is 97.8 cm³/mol. The fourth-order valence-corrected chi connectivity index (χ4v) is 3.81. The Bertz CT molecular complexity index is 694. The van der Waals surface area contributed by atoms with Crippen LogP contribution in [0.15, 0.2) is 65.8 Å². The topological polar surface area (TPSA) is 29.5 Å². The first-order valence-corrected chi connectivity index (χ1v) is 8.69. The highest BCUT2D eigenvalue weighted by molar-refractivity contribution is 8.26. The van der Waals surface area contributed by atoms with Gasteiger partial charge in [-0.2, -0.15) is 0 Å². The molecule has 118 valence electrons. The van der Waals surface area contributed by atoms with Crippen molar-refractivity contribution in [2.75, 3.05) is 6.54 Å². The number of nitrogens with zero attached hydrogens (tertiary/aromatic N) is 1. The summed E-state index contributed by atoms with van der Waals surface area (Å²) in [5, 5.41) is 0. The molecule has 0 spiro atoms. The van der Waals surface area contributed by atoms with Crippen molar-refractivity contribution in [3.63, 3.8) is 0 Å². The van der Waals surface area contributed by atoms with Gasteiger partial charge in [-0.1, -0.05) is 60.4 Å². The zero-order valence-electron chi connectivity index (χ0n) is 12.6. The molecule has 0 aromatic heterocycles. The molecule has 0 aliphatic carbocycles. The fourth-order valence-electron chi connectivity index (χ4n) is 2.56. The van der Waals surface area contributed by atoms with Crippen LogP contribution < -0.4 is 0 Å². The molecule has 1 amide bonds. The summed E-state index contributed by atoms with van der Waals surface area (Å²) in [6.45, 7) is 4.10. The molecular weight excluding hydrogens is 326 g/mol. The van der Waals surface area contributed by atoms with Gasteiger partial charge in [-0.25, -0.2) is 0 Å². The van der Waals surface area contributed by atoms with Crippen molar-refractivity contribution in [3.05, 3.63) is 71.4 Å². The Morgan fingerprint density at radius 1 is 1.39 bits per heavy atom. The highest BCUT2D eigenvalue weighted by atomic mass is 32.2. The molecule has 0 N–H and O–H groups in total. The molecule has 0 bridgehead atoms. The van der Waals surface area contributed by atoms with Gasteiger partial charge < -0.3 is 4.74 Å². The van der Waals surface area contributed by atoms with E-state index in [1.807, 2.05) is 24.3 Å². The summed E-state index contributed by atoms with van der Waals surface area (Å²) in [6.07, 6.45) is 7.41. The summed E-state index contributed by atoms with van der Waals surface area (Å²) in [6, 6.07) is 10.1. The van der Waals surface area contributed by atoms with Crippen molar-refractivity contribution >= 4 is 34.2 Å². The van der Waals surface area contributed by atoms with Crippen LogP contribution in [0, 0.1) is 0 Å². The maximum Gasteiger partial charge on any atom is 0.266 e. The van der Waals surface area contributed by atoms with E-state index in [0.29, 0.717) is 15.8 Å². The average molecular weight is 343 g/mol. The lowest BCUT2D eigenvalue weighted by atomic mass is 10.0. The third-order valence-electron chi connectivity index (χ3n) is 3.68. The first-order valence-electron chi connectivity index (χ1n) is 7.47. The number of benzene rings is 1. The number of carbonyl (C=O) groups excluding carboxylic acids is 1. The number of ether oxygens (including phenoxy) is 1. The molecule has 2 aliphatic heterocycles. The van der Waals surface area contributed by atoms with Crippen LogP contribution in [-0.4, -0.2) is 21.7 Å². The van der Waals surface area contributed by atoms with E-state index in [0.717, 1.165) is 24.2 Å². The quantitative estimate of drug-likeness (QED) is 0.462. The normalized spacial score (nSPS) is 23.0. The van der Waals surface area contributed by atoms with Crippen molar-refractivity contribution in [1.82, 2.24) is 4.90 Å². The van der Waals surface area contributed by atoms with E-state index in [4.69, 9.17) is 17.0 Å². The number of rotatable bonds is 4. The van der Waals surface area contributed by atoms with Crippen molar-refractivity contribution in [1.29, 1.82) is 0 Å². The summed E-state index contributed by atoms with van der Waals surface area (Å²) >= 11 is 6.56. The SMILES string of the molecule is C=CCN1C(=O)/C(=C/C2=CCCC(c3ccccc3)O2)SC1=S. The number of thiocarbonyl (C=S) groups is 1. The van der Waals surface area contributed by atoms with E-state index in [1.165, 1.54) is 11.8 Å². The molecule has 3 nitrogen and oxygen atoms in total. The largest absolute Gasteiger partial charge is 0.486 e. The lowest BCUT2D eigenvalue weighted by molar-refractivity contribution is -0.121. The first kappa shape index (κ1) is 16.0. The van der Waals surface area contributed by atoms with Crippen LogP contribution in [-0.2, 0) is 9.53 Å². The Morgan fingerprint density at radius 2 is 2.17 bits per heavy atom. The van der Waals surface area contributed by atoms with Gasteiger partial charge in [-0.15, -0.1) is 6.58 Å². The fraction of sp³-hybridized carbons (Fsp3) is 0.222. The minimum absolute atomic E-state index is 0.0331. The van der Waals surface area contributed by atoms with Gasteiger partial charge in [-0.05, 0) is 30.6 Å². The molecule has 3 rings (SSSR count). The lowest BCUT2D eigenvalue weighted by Gasteiger charge is -2.23. The molecule has 1 atom stereocenters. The summed E-state index contributed by atoms with van der Waals surface area (Å²) in [5.74, 6) is 0.662. The number of hydrogen-bond acceptors (Lipinski definition) is 4. The minimum Gasteiger partial charge on any atom is -0.486 e. The van der Waals surface area contributed by atoms with E-state index in [2.05, 4.69) is 18.7 Å². The molecule has 2 heterocycles. The van der Waals surface area contributed by atoms with Crippen LogP contribution in [0.2, 0.25) is 0 Å². The van der Waals surface area contributed by atoms with Crippen LogP contribution in [0.4, 0.5) is 0 Å². The smallest absolute Gasteiger partial charge is 0.266 e. The highest BCUT2D eigenvalue weighted by Gasteiger charge is 2.31. The van der Waals surface area contributed by atoms with Crippen molar-refractivity contribution in [2.24, 2.45) is 0 Å². The number of hydrogen-bond donors (Lipinski definition) is 0. The average Bonchev–Trinajstić information content (AvgIpc) is 2.84. The lowest BCUT2D eigenvalue weighted by Crippen LogP contribution is -2.27. The molecule has 1 unspecified atom stereocenters. The first-order chi connectivity index (χ1) is 11.2. The molecule has 0 saturated carbocycles. The summed E-state index contributed by atoms with van der Waals surface area (Å²) in [4.78, 5) is 14.5. The Balaban J connectivity index is 1.75. The van der Waals surface area contributed by atoms with E-state index >= 15 is 0 Å². The van der Waals surface area contributed by atoms with Gasteiger partial charge in [0.25, 0.3) is 5.91 Å². The van der Waals surface area contributed by atoms with Gasteiger partial charge in [-0.3, -0.25) is 9.69 Å². The number of carbonyl (C=O) groups is 1. The van der Waals surface area contributed by atoms with Crippen LogP contribution in [0.3, 0.4) is 0 Å². The summed E-state index contributed by atoms with van der Waals surface area (Å²) in [5.41, 5.74) is 1.16. The maximum absolute atomic E-state index is 12.3. The third-order valence-corrected chi connectivity index (χ3v) is 5.06. The molecule has 0 radical (unpaired) electrons. The second kappa shape index (κ2) is 7.15. The zero-order chi connectivity index (χ0) is 16.2. The summed E-state index contributed by atoms with van der Waals surface area (Å²) < 4.78 is 6.62. The van der Waals surface area contributed by atoms with Crippen molar-refractivity contribution in [3.8, 4) is 0 Å². The molecular formula is C18H17NO2S2. The molecule has 1 aromatic carbocycles. The van der Waals surface area contributed by atoms with Crippen LogP contribution in [0.25, 0.3) is 0 Å². The Morgan fingerprint density at radius 3 is 2.91 bits per heavy atom. The predicted octanol–water partition coefficient (Wildman–Crippen LogP) is 4.35. The Labute approximate surface area is 145 Å². The van der Waals surface area contributed by atoms with Crippen molar-refractivity contribution < 1.29 is 9.53 Å². The minimum atomic E-state index is -0.0776. The van der Waals surface area contributed by atoms with E-state index in [9.17, 15) is 4.79 Å². The number of amides is 1. The standard InChI is InChI=1S/C18H17NO2S2/c1-2-11-19-17(20)16(23-18(19)22)12-14-9-6-10-15(21-14)13-7-4-3-5-8-13/h2-5,7-9,12,15H,1,6,10-11H2/b16-12-. The summed E-state index contributed by atoms with van der Waals surface area (Å²) in [7, 11) is 0. The van der Waals surface area contributed by atoms with Crippen LogP contribution >= 0.6 is 24.0 Å². The van der Waals surface area contributed by atoms with Gasteiger partial charge in [0, 0.05) is 6.54 Å². The van der Waals surface area contributed by atoms with Crippen molar-refractivity contribution in [2.45, 2.75) is 18.9 Å². The zero-order valence-corrected chi connectivity index (χ0v) is 14.2. The van der Waals surface area contributed by atoms with E-state index in [-0.39, 0.29) is 12.0 Å². The van der Waals surface area contributed by atoms with Crippen LogP contribution in [0.1, 0.15) is 24.5 Å². The maximum atomic E-state index is 12.3. The van der Waals surface area contributed by atoms with Gasteiger partial charge in [0.05, 0.1) is 4.91 Å². The second-order valence-corrected chi connectivity index (χ2v) is 6.96. The van der Waals surface area contributed by atoms with E-state index in [1.54, 1.807) is 17.1 Å². The Kier molecular flexibility index (Phi) is 4.98. The number of thioether (sulfide) groups is 1. The van der Waals surface area contributed by atoms with Gasteiger partial charge >= 0.3 is 0 Å². The molecule has 1 fully saturated rings. The molecule has 1 saturated heterocycles. The van der Waals surface area contributed by atoms with Gasteiger partial charge in [0.15, 0.2) is 0 Å². The van der Waals surface area contributed by atoms with Gasteiger partial charge in [0.1, 0.15) is 16.2 Å². The Hall–Kier alpha value is -1.85. The van der Waals surface area contributed by atoms with E-state index < -0.39 is 0 Å². The third kappa shape index (κ3) is 3.57. The molecule has 5 heteroatoms. The highest BCUT2D eigenvalue weighted by Crippen LogP contribution is 2.35. The molecule has 1 aromatic rings. The number of allylic oxidation sites excluding steroid dienone is 2. The molecule has 23 heavy (non-hydrogen) atoms. The van der Waals surface area contributed by atoms with Gasteiger partial charge in [0.2, 0.25) is 0 Å². The monoisotopic (exact) mass is 343 g/mol. The van der Waals surface area contributed by atoms with Crippen LogP contribution in [0.5, 0.6) is 0 Å².